The van der Waals surface area contributed by atoms with Gasteiger partial charge in [-0.2, -0.15) is 4.98 Å². The molecule has 1 aromatic heterocycles. The van der Waals surface area contributed by atoms with Gasteiger partial charge in [0, 0.05) is 11.8 Å². The largest absolute Gasteiger partial charge is 0.493 e. The van der Waals surface area contributed by atoms with Gasteiger partial charge in [-0.1, -0.05) is 0 Å². The van der Waals surface area contributed by atoms with E-state index in [0.29, 0.717) is 22.8 Å². The number of ketones is 1. The van der Waals surface area contributed by atoms with Crippen molar-refractivity contribution in [1.82, 2.24) is 9.97 Å². The van der Waals surface area contributed by atoms with Gasteiger partial charge in [-0.05, 0) is 23.7 Å². The minimum Gasteiger partial charge on any atom is -0.493 e. The number of hydrogen-bond donors (Lipinski definition) is 0. The van der Waals surface area contributed by atoms with Crippen molar-refractivity contribution in [3.8, 4) is 23.1 Å². The summed E-state index contributed by atoms with van der Waals surface area (Å²) in [4.78, 5) is 20.4. The maximum absolute atomic E-state index is 12.7. The van der Waals surface area contributed by atoms with Crippen LogP contribution in [0.15, 0.2) is 18.3 Å². The highest BCUT2D eigenvalue weighted by Gasteiger charge is 2.21. The second-order valence-electron chi connectivity index (χ2n) is 4.31. The zero-order chi connectivity index (χ0) is 17.0. The van der Waals surface area contributed by atoms with Crippen LogP contribution in [0.5, 0.6) is 23.1 Å². The molecular weight excluding hydrogens is 324 g/mol. The summed E-state index contributed by atoms with van der Waals surface area (Å²) < 4.78 is 20.8. The van der Waals surface area contributed by atoms with Gasteiger partial charge in [0.05, 0.1) is 28.4 Å². The van der Waals surface area contributed by atoms with Crippen LogP contribution in [0.25, 0.3) is 0 Å². The predicted molar refractivity (Wildman–Crippen MR) is 83.1 cm³/mol. The molecule has 23 heavy (non-hydrogen) atoms. The zero-order valence-corrected chi connectivity index (χ0v) is 13.8. The van der Waals surface area contributed by atoms with E-state index in [1.54, 1.807) is 0 Å². The van der Waals surface area contributed by atoms with E-state index in [2.05, 4.69) is 9.97 Å². The summed E-state index contributed by atoms with van der Waals surface area (Å²) in [6.45, 7) is 0. The first kappa shape index (κ1) is 16.8. The van der Waals surface area contributed by atoms with E-state index in [1.165, 1.54) is 46.8 Å². The standard InChI is InChI=1S/C15H15ClN2O5/c1-20-10-5-8(6-11(21-2)13(10)22-3)12(19)9-7-17-15(16)18-14(9)23-4/h5-7H,1-4H3. The first-order chi connectivity index (χ1) is 11.0. The Balaban J connectivity index is 2.56. The number of ether oxygens (including phenoxy) is 4. The Bertz CT molecular complexity index is 711. The lowest BCUT2D eigenvalue weighted by Gasteiger charge is -2.14. The molecule has 0 saturated heterocycles. The number of halogens is 1. The van der Waals surface area contributed by atoms with E-state index in [4.69, 9.17) is 30.5 Å². The third kappa shape index (κ3) is 3.29. The molecule has 2 aromatic rings. The number of hydrogen-bond acceptors (Lipinski definition) is 7. The predicted octanol–water partition coefficient (Wildman–Crippen LogP) is 2.40. The first-order valence-corrected chi connectivity index (χ1v) is 6.84. The van der Waals surface area contributed by atoms with Crippen LogP contribution in [0.2, 0.25) is 5.28 Å². The number of rotatable bonds is 6. The van der Waals surface area contributed by atoms with Crippen molar-refractivity contribution in [2.24, 2.45) is 0 Å². The van der Waals surface area contributed by atoms with Crippen molar-refractivity contribution in [2.45, 2.75) is 0 Å². The van der Waals surface area contributed by atoms with Crippen LogP contribution < -0.4 is 18.9 Å². The molecule has 0 aliphatic rings. The lowest BCUT2D eigenvalue weighted by atomic mass is 10.0. The molecule has 0 fully saturated rings. The number of nitrogens with zero attached hydrogens (tertiary/aromatic N) is 2. The van der Waals surface area contributed by atoms with Crippen LogP contribution >= 0.6 is 11.6 Å². The van der Waals surface area contributed by atoms with E-state index in [1.807, 2.05) is 0 Å². The number of methoxy groups -OCH3 is 4. The fourth-order valence-electron chi connectivity index (χ4n) is 2.02. The molecule has 0 N–H and O–H groups in total. The number of benzene rings is 1. The molecule has 0 aliphatic carbocycles. The molecule has 0 amide bonds. The first-order valence-electron chi connectivity index (χ1n) is 6.46. The SMILES string of the molecule is COc1cc(C(=O)c2cnc(Cl)nc2OC)cc(OC)c1OC. The molecule has 1 heterocycles. The lowest BCUT2D eigenvalue weighted by molar-refractivity contribution is 0.103. The Morgan fingerprint density at radius 1 is 1.00 bits per heavy atom. The quantitative estimate of drug-likeness (QED) is 0.591. The summed E-state index contributed by atoms with van der Waals surface area (Å²) >= 11 is 5.71. The van der Waals surface area contributed by atoms with E-state index < -0.39 is 0 Å². The fourth-order valence-corrected chi connectivity index (χ4v) is 2.15. The molecule has 2 rings (SSSR count). The summed E-state index contributed by atoms with van der Waals surface area (Å²) in [6.07, 6.45) is 1.31. The molecular formula is C15H15ClN2O5. The second-order valence-corrected chi connectivity index (χ2v) is 4.64. The Kier molecular flexibility index (Phi) is 5.23. The molecule has 0 saturated carbocycles. The van der Waals surface area contributed by atoms with Gasteiger partial charge < -0.3 is 18.9 Å². The minimum absolute atomic E-state index is 0.0108. The van der Waals surface area contributed by atoms with Crippen molar-refractivity contribution >= 4 is 17.4 Å². The van der Waals surface area contributed by atoms with Crippen LogP contribution in [-0.4, -0.2) is 44.2 Å². The van der Waals surface area contributed by atoms with Crippen LogP contribution in [0.1, 0.15) is 15.9 Å². The number of carbonyl (C=O) groups is 1. The molecule has 0 atom stereocenters. The molecule has 0 unspecified atom stereocenters. The number of aromatic nitrogens is 2. The van der Waals surface area contributed by atoms with E-state index >= 15 is 0 Å². The fraction of sp³-hybridized carbons (Fsp3) is 0.267. The van der Waals surface area contributed by atoms with Gasteiger partial charge in [-0.3, -0.25) is 4.79 Å². The van der Waals surface area contributed by atoms with Gasteiger partial charge in [0.25, 0.3) is 0 Å². The molecule has 7 nitrogen and oxygen atoms in total. The van der Waals surface area contributed by atoms with Crippen molar-refractivity contribution in [1.29, 1.82) is 0 Å². The van der Waals surface area contributed by atoms with Crippen molar-refractivity contribution in [3.63, 3.8) is 0 Å². The molecule has 0 spiro atoms. The summed E-state index contributed by atoms with van der Waals surface area (Å²) in [5, 5.41) is -0.0108. The average molecular weight is 339 g/mol. The van der Waals surface area contributed by atoms with Crippen LogP contribution in [-0.2, 0) is 0 Å². The molecule has 1 aromatic carbocycles. The summed E-state index contributed by atoms with van der Waals surface area (Å²) in [5.74, 6) is 0.848. The zero-order valence-electron chi connectivity index (χ0n) is 13.0. The second kappa shape index (κ2) is 7.15. The van der Waals surface area contributed by atoms with Gasteiger partial charge in [0.1, 0.15) is 5.56 Å². The van der Waals surface area contributed by atoms with Crippen molar-refractivity contribution in [2.75, 3.05) is 28.4 Å². The topological polar surface area (TPSA) is 79.8 Å². The van der Waals surface area contributed by atoms with Gasteiger partial charge in [-0.15, -0.1) is 0 Å². The monoisotopic (exact) mass is 338 g/mol. The summed E-state index contributed by atoms with van der Waals surface area (Å²) in [5.41, 5.74) is 0.481. The van der Waals surface area contributed by atoms with Crippen molar-refractivity contribution in [3.05, 3.63) is 34.7 Å². The van der Waals surface area contributed by atoms with Gasteiger partial charge in [0.15, 0.2) is 17.3 Å². The Morgan fingerprint density at radius 3 is 2.09 bits per heavy atom. The van der Waals surface area contributed by atoms with Crippen LogP contribution in [0, 0.1) is 0 Å². The smallest absolute Gasteiger partial charge is 0.228 e. The summed E-state index contributed by atoms with van der Waals surface area (Å²) in [6, 6.07) is 3.08. The Labute approximate surface area is 138 Å². The minimum atomic E-state index is -0.363. The Morgan fingerprint density at radius 2 is 1.61 bits per heavy atom. The lowest BCUT2D eigenvalue weighted by Crippen LogP contribution is -2.08. The molecule has 8 heteroatoms. The van der Waals surface area contributed by atoms with Gasteiger partial charge in [-0.25, -0.2) is 4.98 Å². The summed E-state index contributed by atoms with van der Waals surface area (Å²) in [7, 11) is 5.82. The molecule has 0 aliphatic heterocycles. The third-order valence-corrected chi connectivity index (χ3v) is 3.27. The molecule has 0 radical (unpaired) electrons. The normalized spacial score (nSPS) is 10.1. The maximum atomic E-state index is 12.7. The third-order valence-electron chi connectivity index (χ3n) is 3.09. The highest BCUT2D eigenvalue weighted by Crippen LogP contribution is 2.39. The highest BCUT2D eigenvalue weighted by atomic mass is 35.5. The van der Waals surface area contributed by atoms with E-state index in [9.17, 15) is 4.79 Å². The average Bonchev–Trinajstić information content (AvgIpc) is 2.59. The van der Waals surface area contributed by atoms with Gasteiger partial charge >= 0.3 is 0 Å². The molecule has 122 valence electrons. The van der Waals surface area contributed by atoms with Crippen LogP contribution in [0.3, 0.4) is 0 Å². The maximum Gasteiger partial charge on any atom is 0.228 e. The van der Waals surface area contributed by atoms with E-state index in [0.717, 1.165) is 0 Å². The molecule has 0 bridgehead atoms. The number of carbonyl (C=O) groups excluding carboxylic acids is 1. The van der Waals surface area contributed by atoms with Crippen LogP contribution in [0.4, 0.5) is 0 Å². The highest BCUT2D eigenvalue weighted by molar-refractivity contribution is 6.28. The van der Waals surface area contributed by atoms with Crippen molar-refractivity contribution < 1.29 is 23.7 Å². The van der Waals surface area contributed by atoms with Gasteiger partial charge in [0.2, 0.25) is 16.9 Å². The van der Waals surface area contributed by atoms with E-state index in [-0.39, 0.29) is 22.5 Å². The Hall–Kier alpha value is -2.54.